The molecule has 2 amide bonds. The van der Waals surface area contributed by atoms with E-state index in [1.165, 1.54) is 0 Å². The molecule has 1 N–H and O–H groups in total. The van der Waals surface area contributed by atoms with Crippen molar-refractivity contribution in [2.24, 2.45) is 5.92 Å². The van der Waals surface area contributed by atoms with Crippen molar-refractivity contribution in [1.82, 2.24) is 15.2 Å². The van der Waals surface area contributed by atoms with Crippen LogP contribution in [0.15, 0.2) is 12.3 Å². The lowest BCUT2D eigenvalue weighted by Crippen LogP contribution is -2.48. The van der Waals surface area contributed by atoms with Crippen molar-refractivity contribution in [3.8, 4) is 5.75 Å². The minimum Gasteiger partial charge on any atom is -0.492 e. The van der Waals surface area contributed by atoms with E-state index in [1.807, 2.05) is 6.07 Å². The molecule has 130 valence electrons. The number of fused-ring (bicyclic) bond motifs is 1. The van der Waals surface area contributed by atoms with Gasteiger partial charge in [-0.15, -0.1) is 0 Å². The molecule has 0 saturated carbocycles. The molecule has 0 radical (unpaired) electrons. The van der Waals surface area contributed by atoms with Crippen molar-refractivity contribution in [3.05, 3.63) is 23.5 Å². The second kappa shape index (κ2) is 7.20. The van der Waals surface area contributed by atoms with Crippen LogP contribution in [0.2, 0.25) is 0 Å². The van der Waals surface area contributed by atoms with Crippen LogP contribution < -0.4 is 10.1 Å². The quantitative estimate of drug-likeness (QED) is 0.916. The van der Waals surface area contributed by atoms with E-state index in [4.69, 9.17) is 4.74 Å². The third kappa shape index (κ3) is 3.52. The zero-order chi connectivity index (χ0) is 17.1. The number of hydrogen-bond acceptors (Lipinski definition) is 4. The molecular formula is C18H25N3O3. The van der Waals surface area contributed by atoms with Gasteiger partial charge in [-0.3, -0.25) is 9.59 Å². The topological polar surface area (TPSA) is 71.5 Å². The van der Waals surface area contributed by atoms with Crippen LogP contribution in [0.1, 0.15) is 49.2 Å². The van der Waals surface area contributed by atoms with E-state index in [0.717, 1.165) is 30.6 Å². The first kappa shape index (κ1) is 16.7. The van der Waals surface area contributed by atoms with Gasteiger partial charge in [-0.05, 0) is 43.2 Å². The monoisotopic (exact) mass is 331 g/mol. The molecule has 1 aromatic heterocycles. The molecule has 1 aromatic rings. The number of carbonyl (C=O) groups excluding carboxylic acids is 2. The Morgan fingerprint density at radius 3 is 3.08 bits per heavy atom. The molecule has 0 aromatic carbocycles. The minimum absolute atomic E-state index is 0.0594. The zero-order valence-corrected chi connectivity index (χ0v) is 14.4. The molecular weight excluding hydrogens is 306 g/mol. The third-order valence-electron chi connectivity index (χ3n) is 4.52. The van der Waals surface area contributed by atoms with Gasteiger partial charge in [0.2, 0.25) is 5.91 Å². The van der Waals surface area contributed by atoms with Gasteiger partial charge < -0.3 is 15.0 Å². The molecule has 3 rings (SSSR count). The van der Waals surface area contributed by atoms with Crippen LogP contribution in [0.4, 0.5) is 0 Å². The minimum atomic E-state index is -0.422. The Labute approximate surface area is 142 Å². The lowest BCUT2D eigenvalue weighted by Gasteiger charge is -2.29. The van der Waals surface area contributed by atoms with Crippen LogP contribution in [0, 0.1) is 5.92 Å². The zero-order valence-electron chi connectivity index (χ0n) is 14.4. The van der Waals surface area contributed by atoms with Gasteiger partial charge in [0, 0.05) is 13.1 Å². The van der Waals surface area contributed by atoms with Crippen molar-refractivity contribution in [3.63, 3.8) is 0 Å². The summed E-state index contributed by atoms with van der Waals surface area (Å²) in [6, 6.07) is 1.40. The number of nitrogens with zero attached hydrogens (tertiary/aromatic N) is 2. The van der Waals surface area contributed by atoms with Crippen molar-refractivity contribution >= 4 is 11.8 Å². The maximum atomic E-state index is 13.0. The molecule has 6 heteroatoms. The first-order valence-electron chi connectivity index (χ1n) is 8.76. The highest BCUT2D eigenvalue weighted by Gasteiger charge is 2.33. The fourth-order valence-corrected chi connectivity index (χ4v) is 3.32. The molecule has 3 heterocycles. The van der Waals surface area contributed by atoms with E-state index in [0.29, 0.717) is 37.7 Å². The number of aryl methyl sites for hydroxylation is 1. The SMILES string of the molecule is CC(C)CC1C(=O)NCCCN1C(=O)c1cc2c(cn1)OCCC2. The molecule has 6 nitrogen and oxygen atoms in total. The van der Waals surface area contributed by atoms with E-state index in [-0.39, 0.29) is 11.8 Å². The molecule has 0 bridgehead atoms. The third-order valence-corrected chi connectivity index (χ3v) is 4.52. The van der Waals surface area contributed by atoms with Gasteiger partial charge in [0.15, 0.2) is 0 Å². The van der Waals surface area contributed by atoms with Gasteiger partial charge in [0.05, 0.1) is 12.8 Å². The Hall–Kier alpha value is -2.11. The van der Waals surface area contributed by atoms with Crippen LogP contribution in [0.3, 0.4) is 0 Å². The predicted octanol–water partition coefficient (Wildman–Crippen LogP) is 1.78. The summed E-state index contributed by atoms with van der Waals surface area (Å²) in [5.41, 5.74) is 1.43. The molecule has 1 unspecified atom stereocenters. The summed E-state index contributed by atoms with van der Waals surface area (Å²) in [7, 11) is 0. The van der Waals surface area contributed by atoms with E-state index in [9.17, 15) is 9.59 Å². The molecule has 0 spiro atoms. The van der Waals surface area contributed by atoms with Gasteiger partial charge in [-0.1, -0.05) is 13.8 Å². The molecule has 1 fully saturated rings. The van der Waals surface area contributed by atoms with Crippen LogP contribution in [0.5, 0.6) is 5.75 Å². The Morgan fingerprint density at radius 1 is 1.46 bits per heavy atom. The maximum Gasteiger partial charge on any atom is 0.273 e. The predicted molar refractivity (Wildman–Crippen MR) is 90.0 cm³/mol. The highest BCUT2D eigenvalue weighted by Crippen LogP contribution is 2.25. The summed E-state index contributed by atoms with van der Waals surface area (Å²) < 4.78 is 5.56. The number of carbonyl (C=O) groups is 2. The van der Waals surface area contributed by atoms with Crippen LogP contribution in [0.25, 0.3) is 0 Å². The van der Waals surface area contributed by atoms with Crippen molar-refractivity contribution in [2.45, 2.75) is 45.6 Å². The number of amides is 2. The number of rotatable bonds is 3. The van der Waals surface area contributed by atoms with Gasteiger partial charge in [0.1, 0.15) is 17.5 Å². The fourth-order valence-electron chi connectivity index (χ4n) is 3.32. The molecule has 2 aliphatic heterocycles. The van der Waals surface area contributed by atoms with E-state index in [1.54, 1.807) is 11.1 Å². The number of hydrogen-bond donors (Lipinski definition) is 1. The van der Waals surface area contributed by atoms with Crippen LogP contribution in [-0.4, -0.2) is 47.4 Å². The standard InChI is InChI=1S/C18H25N3O3/c1-12(2)9-15-17(22)19-6-4-7-21(15)18(23)14-10-13-5-3-8-24-16(13)11-20-14/h10-12,15H,3-9H2,1-2H3,(H,19,22). The summed E-state index contributed by atoms with van der Waals surface area (Å²) in [6.45, 7) is 6.02. The van der Waals surface area contributed by atoms with Crippen molar-refractivity contribution < 1.29 is 14.3 Å². The molecule has 1 atom stereocenters. The van der Waals surface area contributed by atoms with Crippen LogP contribution >= 0.6 is 0 Å². The second-order valence-corrected chi connectivity index (χ2v) is 6.92. The first-order valence-corrected chi connectivity index (χ1v) is 8.76. The maximum absolute atomic E-state index is 13.0. The highest BCUT2D eigenvalue weighted by molar-refractivity contribution is 5.96. The van der Waals surface area contributed by atoms with Gasteiger partial charge in [-0.25, -0.2) is 4.98 Å². The summed E-state index contributed by atoms with van der Waals surface area (Å²) in [6.07, 6.45) is 4.91. The summed E-state index contributed by atoms with van der Waals surface area (Å²) in [5, 5.41) is 2.91. The number of aromatic nitrogens is 1. The van der Waals surface area contributed by atoms with Gasteiger partial charge in [-0.2, -0.15) is 0 Å². The Bertz CT molecular complexity index is 630. The smallest absolute Gasteiger partial charge is 0.273 e. The molecule has 2 aliphatic rings. The summed E-state index contributed by atoms with van der Waals surface area (Å²) >= 11 is 0. The average Bonchev–Trinajstić information content (AvgIpc) is 2.75. The van der Waals surface area contributed by atoms with E-state index < -0.39 is 6.04 Å². The largest absolute Gasteiger partial charge is 0.492 e. The van der Waals surface area contributed by atoms with E-state index in [2.05, 4.69) is 24.1 Å². The average molecular weight is 331 g/mol. The lowest BCUT2D eigenvalue weighted by molar-refractivity contribution is -0.125. The van der Waals surface area contributed by atoms with Gasteiger partial charge >= 0.3 is 0 Å². The van der Waals surface area contributed by atoms with Gasteiger partial charge in [0.25, 0.3) is 5.91 Å². The summed E-state index contributed by atoms with van der Waals surface area (Å²) in [5.74, 6) is 0.881. The fraction of sp³-hybridized carbons (Fsp3) is 0.611. The normalized spacial score (nSPS) is 20.9. The number of nitrogens with one attached hydrogen (secondary N) is 1. The second-order valence-electron chi connectivity index (χ2n) is 6.92. The van der Waals surface area contributed by atoms with Crippen LogP contribution in [-0.2, 0) is 11.2 Å². The number of ether oxygens (including phenoxy) is 1. The molecule has 0 aliphatic carbocycles. The molecule has 24 heavy (non-hydrogen) atoms. The van der Waals surface area contributed by atoms with E-state index >= 15 is 0 Å². The number of pyridine rings is 1. The Morgan fingerprint density at radius 2 is 2.29 bits per heavy atom. The Balaban J connectivity index is 1.86. The van der Waals surface area contributed by atoms with Crippen molar-refractivity contribution in [1.29, 1.82) is 0 Å². The Kier molecular flexibility index (Phi) is 5.02. The summed E-state index contributed by atoms with van der Waals surface area (Å²) in [4.78, 5) is 31.4. The lowest BCUT2D eigenvalue weighted by atomic mass is 10.0. The van der Waals surface area contributed by atoms with Crippen molar-refractivity contribution in [2.75, 3.05) is 19.7 Å². The first-order chi connectivity index (χ1) is 11.6. The highest BCUT2D eigenvalue weighted by atomic mass is 16.5. The molecule has 1 saturated heterocycles.